The lowest BCUT2D eigenvalue weighted by molar-refractivity contribution is -0.136. The van der Waals surface area contributed by atoms with Crippen molar-refractivity contribution >= 4 is 17.5 Å². The van der Waals surface area contributed by atoms with Crippen LogP contribution in [0.5, 0.6) is 0 Å². The topological polar surface area (TPSA) is 89.2 Å². The molecule has 0 aliphatic heterocycles. The minimum atomic E-state index is -0.714. The molecule has 3 rings (SSSR count). The maximum Gasteiger partial charge on any atom is 0.313 e. The van der Waals surface area contributed by atoms with E-state index < -0.39 is 11.8 Å². The summed E-state index contributed by atoms with van der Waals surface area (Å²) < 4.78 is 7.31. The summed E-state index contributed by atoms with van der Waals surface area (Å²) in [5, 5.41) is 9.79. The predicted molar refractivity (Wildman–Crippen MR) is 111 cm³/mol. The van der Waals surface area contributed by atoms with Crippen LogP contribution >= 0.6 is 0 Å². The largest absolute Gasteiger partial charge is 0.467 e. The van der Waals surface area contributed by atoms with Crippen molar-refractivity contribution in [2.45, 2.75) is 39.7 Å². The van der Waals surface area contributed by atoms with E-state index in [0.29, 0.717) is 17.4 Å². The summed E-state index contributed by atoms with van der Waals surface area (Å²) in [4.78, 5) is 24.6. The Hall–Kier alpha value is -3.35. The molecule has 7 nitrogen and oxygen atoms in total. The number of furan rings is 1. The molecule has 2 amide bonds. The van der Waals surface area contributed by atoms with Crippen molar-refractivity contribution in [2.75, 3.05) is 11.9 Å². The highest BCUT2D eigenvalue weighted by atomic mass is 16.3. The molecule has 0 bridgehead atoms. The number of aromatic nitrogens is 2. The van der Waals surface area contributed by atoms with E-state index in [2.05, 4.69) is 29.6 Å². The molecule has 0 saturated carbocycles. The van der Waals surface area contributed by atoms with Crippen molar-refractivity contribution in [3.05, 3.63) is 71.4 Å². The van der Waals surface area contributed by atoms with Crippen LogP contribution < -0.4 is 10.6 Å². The Labute approximate surface area is 170 Å². The van der Waals surface area contributed by atoms with Crippen LogP contribution in [0.4, 0.5) is 5.69 Å². The number of rotatable bonds is 6. The number of aryl methyl sites for hydroxylation is 2. The maximum absolute atomic E-state index is 12.3. The van der Waals surface area contributed by atoms with Crippen molar-refractivity contribution < 1.29 is 14.0 Å². The lowest BCUT2D eigenvalue weighted by Crippen LogP contribution is -2.39. The number of nitrogens with zero attached hydrogens (tertiary/aromatic N) is 2. The van der Waals surface area contributed by atoms with Gasteiger partial charge in [-0.2, -0.15) is 5.10 Å². The molecule has 0 saturated heterocycles. The smallest absolute Gasteiger partial charge is 0.313 e. The highest BCUT2D eigenvalue weighted by Crippen LogP contribution is 2.20. The Morgan fingerprint density at radius 1 is 1.10 bits per heavy atom. The van der Waals surface area contributed by atoms with Gasteiger partial charge in [-0.25, -0.2) is 0 Å². The highest BCUT2D eigenvalue weighted by Gasteiger charge is 2.22. The average molecular weight is 394 g/mol. The van der Waals surface area contributed by atoms with Gasteiger partial charge in [0.15, 0.2) is 0 Å². The summed E-state index contributed by atoms with van der Waals surface area (Å²) in [5.41, 5.74) is 3.55. The van der Waals surface area contributed by atoms with Crippen molar-refractivity contribution in [1.29, 1.82) is 0 Å². The third-order valence-electron chi connectivity index (χ3n) is 4.71. The molecule has 3 aromatic rings. The lowest BCUT2D eigenvalue weighted by Gasteiger charge is -2.18. The molecular formula is C22H26N4O3. The zero-order valence-corrected chi connectivity index (χ0v) is 17.1. The van der Waals surface area contributed by atoms with Gasteiger partial charge in [0.05, 0.1) is 12.0 Å². The first kappa shape index (κ1) is 20.4. The second-order valence-corrected chi connectivity index (χ2v) is 7.34. The van der Waals surface area contributed by atoms with Gasteiger partial charge in [-0.15, -0.1) is 0 Å². The van der Waals surface area contributed by atoms with Gasteiger partial charge in [-0.3, -0.25) is 14.3 Å². The zero-order valence-electron chi connectivity index (χ0n) is 17.1. The summed E-state index contributed by atoms with van der Waals surface area (Å²) in [6, 6.07) is 12.7. The first-order valence-corrected chi connectivity index (χ1v) is 9.60. The fraction of sp³-hybridized carbons (Fsp3) is 0.318. The maximum atomic E-state index is 12.3. The standard InChI is InChI=1S/C22H26N4O3/c1-14(2)17-7-9-18(10-8-17)24-22(28)21(27)23-13-19(20-6-5-11-29-20)26-16(4)12-15(3)25-26/h5-12,14,19H,13H2,1-4H3,(H,23,27)(H,24,28). The lowest BCUT2D eigenvalue weighted by atomic mass is 10.0. The van der Waals surface area contributed by atoms with Crippen molar-refractivity contribution in [1.82, 2.24) is 15.1 Å². The molecule has 0 radical (unpaired) electrons. The van der Waals surface area contributed by atoms with Crippen LogP contribution in [0.25, 0.3) is 0 Å². The first-order valence-electron chi connectivity index (χ1n) is 9.60. The minimum Gasteiger partial charge on any atom is -0.467 e. The molecule has 1 unspecified atom stereocenters. The van der Waals surface area contributed by atoms with Crippen LogP contribution in [0.1, 0.15) is 48.5 Å². The normalized spacial score (nSPS) is 12.0. The van der Waals surface area contributed by atoms with Gasteiger partial charge in [-0.05, 0) is 55.7 Å². The van der Waals surface area contributed by atoms with E-state index in [1.54, 1.807) is 29.1 Å². The monoisotopic (exact) mass is 394 g/mol. The van der Waals surface area contributed by atoms with Gasteiger partial charge in [0.1, 0.15) is 11.8 Å². The average Bonchev–Trinajstić information content (AvgIpc) is 3.32. The van der Waals surface area contributed by atoms with Crippen LogP contribution in [0, 0.1) is 13.8 Å². The van der Waals surface area contributed by atoms with Crippen molar-refractivity contribution in [2.24, 2.45) is 0 Å². The van der Waals surface area contributed by atoms with E-state index in [0.717, 1.165) is 11.4 Å². The minimum absolute atomic E-state index is 0.175. The van der Waals surface area contributed by atoms with Gasteiger partial charge >= 0.3 is 11.8 Å². The highest BCUT2D eigenvalue weighted by molar-refractivity contribution is 6.39. The summed E-state index contributed by atoms with van der Waals surface area (Å²) in [5.74, 6) is -0.373. The molecule has 2 aromatic heterocycles. The van der Waals surface area contributed by atoms with Crippen LogP contribution in [-0.4, -0.2) is 28.1 Å². The quantitative estimate of drug-likeness (QED) is 0.626. The summed E-state index contributed by atoms with van der Waals surface area (Å²) >= 11 is 0. The molecular weight excluding hydrogens is 368 g/mol. The van der Waals surface area contributed by atoms with Crippen LogP contribution in [0.2, 0.25) is 0 Å². The molecule has 0 aliphatic carbocycles. The third-order valence-corrected chi connectivity index (χ3v) is 4.71. The molecule has 0 aliphatic rings. The van der Waals surface area contributed by atoms with Gasteiger partial charge < -0.3 is 15.1 Å². The van der Waals surface area contributed by atoms with E-state index in [-0.39, 0.29) is 12.6 Å². The number of hydrogen-bond donors (Lipinski definition) is 2. The van der Waals surface area contributed by atoms with Gasteiger partial charge in [0.2, 0.25) is 0 Å². The fourth-order valence-corrected chi connectivity index (χ4v) is 3.16. The molecule has 1 aromatic carbocycles. The number of nitrogens with one attached hydrogen (secondary N) is 2. The molecule has 2 N–H and O–H groups in total. The van der Waals surface area contributed by atoms with Gasteiger partial charge in [-0.1, -0.05) is 26.0 Å². The second kappa shape index (κ2) is 8.77. The molecule has 1 atom stereocenters. The molecule has 152 valence electrons. The Balaban J connectivity index is 1.65. The van der Waals surface area contributed by atoms with Gasteiger partial charge in [0, 0.05) is 17.9 Å². The van der Waals surface area contributed by atoms with E-state index in [4.69, 9.17) is 4.42 Å². The van der Waals surface area contributed by atoms with E-state index in [1.807, 2.05) is 38.1 Å². The Morgan fingerprint density at radius 2 is 1.83 bits per heavy atom. The molecule has 29 heavy (non-hydrogen) atoms. The molecule has 0 fully saturated rings. The number of carbonyl (C=O) groups is 2. The number of benzene rings is 1. The van der Waals surface area contributed by atoms with E-state index in [9.17, 15) is 9.59 Å². The van der Waals surface area contributed by atoms with Crippen molar-refractivity contribution in [3.63, 3.8) is 0 Å². The van der Waals surface area contributed by atoms with Crippen LogP contribution in [0.3, 0.4) is 0 Å². The number of carbonyl (C=O) groups excluding carboxylic acids is 2. The number of amides is 2. The van der Waals surface area contributed by atoms with Gasteiger partial charge in [0.25, 0.3) is 0 Å². The summed E-state index contributed by atoms with van der Waals surface area (Å²) in [7, 11) is 0. The Kier molecular flexibility index (Phi) is 6.16. The van der Waals surface area contributed by atoms with Crippen molar-refractivity contribution in [3.8, 4) is 0 Å². The third kappa shape index (κ3) is 4.93. The van der Waals surface area contributed by atoms with Crippen LogP contribution in [-0.2, 0) is 9.59 Å². The SMILES string of the molecule is Cc1cc(C)n(C(CNC(=O)C(=O)Nc2ccc(C(C)C)cc2)c2ccco2)n1. The summed E-state index contributed by atoms with van der Waals surface area (Å²) in [6.45, 7) is 8.21. The van der Waals surface area contributed by atoms with Crippen LogP contribution in [0.15, 0.2) is 53.1 Å². The fourth-order valence-electron chi connectivity index (χ4n) is 3.16. The Bertz CT molecular complexity index is 972. The Morgan fingerprint density at radius 3 is 2.38 bits per heavy atom. The van der Waals surface area contributed by atoms with E-state index in [1.165, 1.54) is 5.56 Å². The molecule has 7 heteroatoms. The second-order valence-electron chi connectivity index (χ2n) is 7.34. The number of anilines is 1. The van der Waals surface area contributed by atoms with E-state index >= 15 is 0 Å². The number of hydrogen-bond acceptors (Lipinski definition) is 4. The summed E-state index contributed by atoms with van der Waals surface area (Å²) in [6.07, 6.45) is 1.57. The first-order chi connectivity index (χ1) is 13.8. The molecule has 2 heterocycles. The molecule has 0 spiro atoms. The predicted octanol–water partition coefficient (Wildman–Crippen LogP) is 3.56. The zero-order chi connectivity index (χ0) is 21.0.